The van der Waals surface area contributed by atoms with Gasteiger partial charge in [-0.05, 0) is 36.3 Å². The second-order valence-electron chi connectivity index (χ2n) is 5.04. The van der Waals surface area contributed by atoms with E-state index in [1.807, 2.05) is 0 Å². The van der Waals surface area contributed by atoms with Gasteiger partial charge in [0, 0.05) is 31.1 Å². The van der Waals surface area contributed by atoms with Crippen LogP contribution >= 0.6 is 11.8 Å². The van der Waals surface area contributed by atoms with Gasteiger partial charge in [0.15, 0.2) is 0 Å². The van der Waals surface area contributed by atoms with Crippen LogP contribution in [0.3, 0.4) is 0 Å². The molecule has 106 valence electrons. The first-order chi connectivity index (χ1) is 9.31. The summed E-state index contributed by atoms with van der Waals surface area (Å²) >= 11 is 1.76. The van der Waals surface area contributed by atoms with E-state index in [2.05, 4.69) is 35.4 Å². The van der Waals surface area contributed by atoms with Crippen molar-refractivity contribution in [3.8, 4) is 0 Å². The molecule has 1 fully saturated rings. The van der Waals surface area contributed by atoms with Crippen LogP contribution in [0, 0.1) is 5.92 Å². The highest BCUT2D eigenvalue weighted by Crippen LogP contribution is 2.18. The zero-order chi connectivity index (χ0) is 13.5. The number of rotatable bonds is 7. The fourth-order valence-electron chi connectivity index (χ4n) is 2.46. The molecule has 1 heterocycles. The van der Waals surface area contributed by atoms with Crippen molar-refractivity contribution in [3.05, 3.63) is 29.8 Å². The Bertz CT molecular complexity index is 363. The van der Waals surface area contributed by atoms with Gasteiger partial charge in [-0.25, -0.2) is 0 Å². The standard InChI is InChI=1S/C15H23NO2S/c1-19-15-4-2-13(3-5-15)10-16(7-8-17)11-14-6-9-18-12-14/h2-5,14,17H,6-12H2,1H3. The van der Waals surface area contributed by atoms with Crippen molar-refractivity contribution in [1.29, 1.82) is 0 Å². The van der Waals surface area contributed by atoms with Crippen molar-refractivity contribution in [2.24, 2.45) is 5.92 Å². The van der Waals surface area contributed by atoms with Crippen molar-refractivity contribution in [1.82, 2.24) is 4.90 Å². The normalized spacial score (nSPS) is 19.2. The molecule has 4 heteroatoms. The Kier molecular flexibility index (Phi) is 6.17. The predicted molar refractivity (Wildman–Crippen MR) is 79.5 cm³/mol. The van der Waals surface area contributed by atoms with Crippen molar-refractivity contribution in [2.75, 3.05) is 39.2 Å². The average Bonchev–Trinajstić information content (AvgIpc) is 2.93. The van der Waals surface area contributed by atoms with Crippen LogP contribution in [-0.2, 0) is 11.3 Å². The van der Waals surface area contributed by atoms with E-state index in [1.54, 1.807) is 11.8 Å². The van der Waals surface area contributed by atoms with Crippen molar-refractivity contribution in [3.63, 3.8) is 0 Å². The second kappa shape index (κ2) is 7.90. The first-order valence-electron chi connectivity index (χ1n) is 6.85. The van der Waals surface area contributed by atoms with Gasteiger partial charge in [-0.15, -0.1) is 11.8 Å². The Morgan fingerprint density at radius 2 is 2.16 bits per heavy atom. The van der Waals surface area contributed by atoms with Crippen LogP contribution in [0.4, 0.5) is 0 Å². The molecule has 19 heavy (non-hydrogen) atoms. The van der Waals surface area contributed by atoms with E-state index in [0.717, 1.165) is 39.3 Å². The molecular weight excluding hydrogens is 258 g/mol. The molecule has 1 aromatic rings. The summed E-state index contributed by atoms with van der Waals surface area (Å²) in [6.45, 7) is 4.64. The number of thioether (sulfide) groups is 1. The summed E-state index contributed by atoms with van der Waals surface area (Å²) in [6, 6.07) is 8.69. The van der Waals surface area contributed by atoms with Crippen LogP contribution < -0.4 is 0 Å². The lowest BCUT2D eigenvalue weighted by Crippen LogP contribution is -2.32. The highest BCUT2D eigenvalue weighted by atomic mass is 32.2. The fraction of sp³-hybridized carbons (Fsp3) is 0.600. The number of hydrogen-bond acceptors (Lipinski definition) is 4. The van der Waals surface area contributed by atoms with Gasteiger partial charge in [0.25, 0.3) is 0 Å². The molecule has 0 saturated carbocycles. The lowest BCUT2D eigenvalue weighted by atomic mass is 10.1. The van der Waals surface area contributed by atoms with Gasteiger partial charge in [0.2, 0.25) is 0 Å². The number of aliphatic hydroxyl groups excluding tert-OH is 1. The Morgan fingerprint density at radius 1 is 1.37 bits per heavy atom. The molecule has 1 aromatic carbocycles. The topological polar surface area (TPSA) is 32.7 Å². The molecule has 1 saturated heterocycles. The molecule has 1 N–H and O–H groups in total. The maximum atomic E-state index is 9.19. The van der Waals surface area contributed by atoms with Gasteiger partial charge in [-0.3, -0.25) is 4.90 Å². The fourth-order valence-corrected chi connectivity index (χ4v) is 2.87. The quantitative estimate of drug-likeness (QED) is 0.777. The van der Waals surface area contributed by atoms with Gasteiger partial charge < -0.3 is 9.84 Å². The summed E-state index contributed by atoms with van der Waals surface area (Å²) in [6.07, 6.45) is 3.24. The number of nitrogens with zero attached hydrogens (tertiary/aromatic N) is 1. The molecule has 1 unspecified atom stereocenters. The first-order valence-corrected chi connectivity index (χ1v) is 8.08. The van der Waals surface area contributed by atoms with Crippen molar-refractivity contribution < 1.29 is 9.84 Å². The summed E-state index contributed by atoms with van der Waals surface area (Å²) < 4.78 is 5.42. The summed E-state index contributed by atoms with van der Waals surface area (Å²) in [5.74, 6) is 0.622. The summed E-state index contributed by atoms with van der Waals surface area (Å²) in [4.78, 5) is 3.62. The Hall–Kier alpha value is -0.550. The van der Waals surface area contributed by atoms with Gasteiger partial charge in [-0.2, -0.15) is 0 Å². The van der Waals surface area contributed by atoms with Gasteiger partial charge in [-0.1, -0.05) is 12.1 Å². The molecule has 0 aliphatic carbocycles. The largest absolute Gasteiger partial charge is 0.395 e. The van der Waals surface area contributed by atoms with E-state index in [-0.39, 0.29) is 6.61 Å². The van der Waals surface area contributed by atoms with Crippen LogP contribution in [0.1, 0.15) is 12.0 Å². The Balaban J connectivity index is 1.90. The predicted octanol–water partition coefficient (Wildman–Crippen LogP) is 2.24. The third-order valence-electron chi connectivity index (χ3n) is 3.52. The highest BCUT2D eigenvalue weighted by molar-refractivity contribution is 7.98. The molecule has 0 aromatic heterocycles. The number of aliphatic hydroxyl groups is 1. The summed E-state index contributed by atoms with van der Waals surface area (Å²) in [5.41, 5.74) is 1.31. The second-order valence-corrected chi connectivity index (χ2v) is 5.92. The minimum atomic E-state index is 0.219. The molecule has 0 spiro atoms. The monoisotopic (exact) mass is 281 g/mol. The van der Waals surface area contributed by atoms with Crippen LogP contribution in [-0.4, -0.2) is 49.2 Å². The molecule has 2 rings (SSSR count). The van der Waals surface area contributed by atoms with E-state index in [9.17, 15) is 5.11 Å². The van der Waals surface area contributed by atoms with Crippen LogP contribution in [0.25, 0.3) is 0 Å². The van der Waals surface area contributed by atoms with Crippen molar-refractivity contribution in [2.45, 2.75) is 17.9 Å². The van der Waals surface area contributed by atoms with E-state index >= 15 is 0 Å². The number of ether oxygens (including phenoxy) is 1. The Labute approximate surface area is 120 Å². The Morgan fingerprint density at radius 3 is 2.74 bits per heavy atom. The molecule has 0 radical (unpaired) electrons. The molecule has 1 aliphatic heterocycles. The van der Waals surface area contributed by atoms with E-state index in [0.29, 0.717) is 5.92 Å². The zero-order valence-corrected chi connectivity index (χ0v) is 12.4. The van der Waals surface area contributed by atoms with E-state index in [1.165, 1.54) is 10.5 Å². The van der Waals surface area contributed by atoms with Crippen LogP contribution in [0.5, 0.6) is 0 Å². The maximum absolute atomic E-state index is 9.19. The molecule has 1 atom stereocenters. The SMILES string of the molecule is CSc1ccc(CN(CCO)CC2CCOC2)cc1. The first kappa shape index (κ1) is 14.9. The van der Waals surface area contributed by atoms with Gasteiger partial charge in [0.05, 0.1) is 13.2 Å². The van der Waals surface area contributed by atoms with Crippen molar-refractivity contribution >= 4 is 11.8 Å². The highest BCUT2D eigenvalue weighted by Gasteiger charge is 2.19. The molecule has 0 amide bonds. The van der Waals surface area contributed by atoms with Crippen LogP contribution in [0.15, 0.2) is 29.2 Å². The molecule has 1 aliphatic rings. The minimum absolute atomic E-state index is 0.219. The third kappa shape index (κ3) is 4.80. The van der Waals surface area contributed by atoms with E-state index in [4.69, 9.17) is 4.74 Å². The number of hydrogen-bond donors (Lipinski definition) is 1. The maximum Gasteiger partial charge on any atom is 0.0558 e. The van der Waals surface area contributed by atoms with Gasteiger partial charge >= 0.3 is 0 Å². The lowest BCUT2D eigenvalue weighted by molar-refractivity contribution is 0.147. The van der Waals surface area contributed by atoms with E-state index < -0.39 is 0 Å². The average molecular weight is 281 g/mol. The third-order valence-corrected chi connectivity index (χ3v) is 4.27. The van der Waals surface area contributed by atoms with Gasteiger partial charge in [0.1, 0.15) is 0 Å². The summed E-state index contributed by atoms with van der Waals surface area (Å²) in [5, 5.41) is 9.19. The molecule has 3 nitrogen and oxygen atoms in total. The minimum Gasteiger partial charge on any atom is -0.395 e. The number of benzene rings is 1. The summed E-state index contributed by atoms with van der Waals surface area (Å²) in [7, 11) is 0. The zero-order valence-electron chi connectivity index (χ0n) is 11.5. The molecular formula is C15H23NO2S. The van der Waals surface area contributed by atoms with Crippen LogP contribution in [0.2, 0.25) is 0 Å². The molecule has 0 bridgehead atoms. The smallest absolute Gasteiger partial charge is 0.0558 e. The lowest BCUT2D eigenvalue weighted by Gasteiger charge is -2.24.